The van der Waals surface area contributed by atoms with Crippen LogP contribution < -0.4 is 41.0 Å². The molecule has 0 bridgehead atoms. The van der Waals surface area contributed by atoms with Crippen LogP contribution in [-0.2, 0) is 19.1 Å². The lowest BCUT2D eigenvalue weighted by Gasteiger charge is -2.13. The van der Waals surface area contributed by atoms with E-state index in [1.165, 1.54) is 7.11 Å². The molecule has 0 aliphatic heterocycles. The predicted molar refractivity (Wildman–Crippen MR) is 173 cm³/mol. The van der Waals surface area contributed by atoms with Crippen molar-refractivity contribution in [3.05, 3.63) is 73.3 Å². The van der Waals surface area contributed by atoms with Gasteiger partial charge < -0.3 is 50.5 Å². The molecule has 0 radical (unpaired) electrons. The Kier molecular flexibility index (Phi) is 15.1. The number of rotatable bonds is 17. The Labute approximate surface area is 271 Å². The Bertz CT molecular complexity index is 1520. The van der Waals surface area contributed by atoms with Crippen LogP contribution in [0.4, 0.5) is 23.3 Å². The summed E-state index contributed by atoms with van der Waals surface area (Å²) in [4.78, 5) is 38.7. The van der Waals surface area contributed by atoms with Crippen LogP contribution in [0.15, 0.2) is 73.3 Å². The Morgan fingerprint density at radius 1 is 0.660 bits per heavy atom. The Hall–Kier alpha value is -6.06. The van der Waals surface area contributed by atoms with Gasteiger partial charge in [-0.25, -0.2) is 29.5 Å². The van der Waals surface area contributed by atoms with Crippen molar-refractivity contribution in [2.24, 2.45) is 0 Å². The number of nitrogens with two attached hydrogens (primary N) is 2. The summed E-state index contributed by atoms with van der Waals surface area (Å²) >= 11 is 0. The number of nitrogen functional groups attached to an aromatic ring is 2. The van der Waals surface area contributed by atoms with Crippen molar-refractivity contribution in [2.75, 3.05) is 75.3 Å². The zero-order valence-corrected chi connectivity index (χ0v) is 26.1. The minimum absolute atomic E-state index is 0.205. The number of carbonyl (C=O) groups is 2. The molecule has 2 heterocycles. The van der Waals surface area contributed by atoms with Gasteiger partial charge >= 0.3 is 11.9 Å². The fourth-order valence-corrected chi connectivity index (χ4v) is 3.48. The first-order valence-electron chi connectivity index (χ1n) is 14.4. The summed E-state index contributed by atoms with van der Waals surface area (Å²) in [7, 11) is 1.29. The highest BCUT2D eigenvalue weighted by Gasteiger charge is 2.11. The first-order valence-corrected chi connectivity index (χ1v) is 14.4. The van der Waals surface area contributed by atoms with E-state index in [-0.39, 0.29) is 13.2 Å². The third kappa shape index (κ3) is 13.6. The molecule has 0 fully saturated rings. The lowest BCUT2D eigenvalue weighted by molar-refractivity contribution is -0.145. The van der Waals surface area contributed by atoms with Crippen LogP contribution >= 0.6 is 0 Å². The third-order valence-corrected chi connectivity index (χ3v) is 5.58. The fourth-order valence-electron chi connectivity index (χ4n) is 3.48. The fraction of sp³-hybridized carbons (Fsp3) is 0.290. The molecule has 4 aromatic rings. The molecule has 0 saturated carbocycles. The highest BCUT2D eigenvalue weighted by Crippen LogP contribution is 2.30. The van der Waals surface area contributed by atoms with Crippen LogP contribution in [-0.4, -0.2) is 85.1 Å². The summed E-state index contributed by atoms with van der Waals surface area (Å²) < 4.78 is 31.4. The topological polar surface area (TPSA) is 217 Å². The van der Waals surface area contributed by atoms with E-state index in [0.717, 1.165) is 0 Å². The second kappa shape index (κ2) is 20.1. The molecule has 2 aromatic carbocycles. The summed E-state index contributed by atoms with van der Waals surface area (Å²) in [6.07, 6.45) is 6.60. The Balaban J connectivity index is 0.000000256. The molecule has 0 aliphatic rings. The predicted octanol–water partition coefficient (Wildman–Crippen LogP) is 2.59. The average Bonchev–Trinajstić information content (AvgIpc) is 3.09. The normalized spacial score (nSPS) is 10.0. The zero-order valence-electron chi connectivity index (χ0n) is 26.1. The molecule has 250 valence electrons. The number of nitrogens with one attached hydrogen (secondary N) is 2. The van der Waals surface area contributed by atoms with Gasteiger partial charge in [0, 0.05) is 48.3 Å². The van der Waals surface area contributed by atoms with Gasteiger partial charge in [0.1, 0.15) is 13.2 Å². The summed E-state index contributed by atoms with van der Waals surface area (Å²) in [5.41, 5.74) is 12.5. The maximum atomic E-state index is 11.4. The highest BCUT2D eigenvalue weighted by molar-refractivity contribution is 5.71. The Morgan fingerprint density at radius 2 is 1.11 bits per heavy atom. The number of hydrogen-bond acceptors (Lipinski definition) is 16. The maximum absolute atomic E-state index is 11.4. The van der Waals surface area contributed by atoms with Gasteiger partial charge in [-0.05, 0) is 43.3 Å². The van der Waals surface area contributed by atoms with Crippen molar-refractivity contribution in [3.63, 3.8) is 0 Å². The van der Waals surface area contributed by atoms with E-state index in [1.54, 1.807) is 80.2 Å². The Morgan fingerprint density at radius 3 is 1.53 bits per heavy atom. The van der Waals surface area contributed by atoms with Crippen molar-refractivity contribution in [1.82, 2.24) is 19.9 Å². The van der Waals surface area contributed by atoms with Crippen molar-refractivity contribution < 1.29 is 38.0 Å². The van der Waals surface area contributed by atoms with E-state index < -0.39 is 11.9 Å². The van der Waals surface area contributed by atoms with Crippen molar-refractivity contribution >= 4 is 35.2 Å². The number of aromatic nitrogens is 4. The summed E-state index contributed by atoms with van der Waals surface area (Å²) in [6, 6.07) is 13.4. The number of nitrogens with zero attached hydrogens (tertiary/aromatic N) is 4. The van der Waals surface area contributed by atoms with Crippen molar-refractivity contribution in [1.29, 1.82) is 0 Å². The van der Waals surface area contributed by atoms with Gasteiger partial charge in [-0.1, -0.05) is 0 Å². The van der Waals surface area contributed by atoms with Gasteiger partial charge in [0.25, 0.3) is 0 Å². The molecule has 0 aliphatic carbocycles. The van der Waals surface area contributed by atoms with Crippen molar-refractivity contribution in [2.45, 2.75) is 6.92 Å². The zero-order chi connectivity index (χ0) is 33.7. The van der Waals surface area contributed by atoms with Crippen LogP contribution in [0.5, 0.6) is 23.0 Å². The van der Waals surface area contributed by atoms with E-state index in [1.807, 2.05) is 0 Å². The number of methoxy groups -OCH3 is 1. The molecule has 16 heteroatoms. The smallest absolute Gasteiger partial charge is 0.344 e. The number of carbonyl (C=O) groups excluding carboxylic acids is 2. The molecule has 0 amide bonds. The quantitative estimate of drug-likeness (QED) is 0.0733. The van der Waals surface area contributed by atoms with E-state index in [4.69, 9.17) is 35.2 Å². The van der Waals surface area contributed by atoms with E-state index >= 15 is 0 Å². The molecule has 2 aromatic heterocycles. The van der Waals surface area contributed by atoms with E-state index in [2.05, 4.69) is 35.3 Å². The van der Waals surface area contributed by atoms with Gasteiger partial charge in [0.2, 0.25) is 11.9 Å². The van der Waals surface area contributed by atoms with Crippen molar-refractivity contribution in [3.8, 4) is 23.0 Å². The molecule has 16 nitrogen and oxygen atoms in total. The van der Waals surface area contributed by atoms with Gasteiger partial charge in [-0.3, -0.25) is 0 Å². The minimum atomic E-state index is -0.485. The average molecular weight is 651 g/mol. The second-order valence-corrected chi connectivity index (χ2v) is 9.07. The number of hydrogen-bond donors (Lipinski definition) is 4. The number of benzene rings is 2. The summed E-state index contributed by atoms with van der Waals surface area (Å²) in [5.74, 6) is 1.86. The number of anilines is 4. The van der Waals surface area contributed by atoms with Crippen LogP contribution in [0.25, 0.3) is 0 Å². The number of esters is 2. The molecule has 0 unspecified atom stereocenters. The second-order valence-electron chi connectivity index (χ2n) is 9.07. The molecule has 0 saturated heterocycles. The van der Waals surface area contributed by atoms with Gasteiger partial charge in [0.15, 0.2) is 36.2 Å². The van der Waals surface area contributed by atoms with Crippen LogP contribution in [0.2, 0.25) is 0 Å². The largest absolute Gasteiger partial charge is 0.488 e. The molecule has 4 rings (SSSR count). The lowest BCUT2D eigenvalue weighted by Crippen LogP contribution is -2.16. The maximum Gasteiger partial charge on any atom is 0.344 e. The standard InChI is InChI=1S/C16H20N4O4.C15H18N4O4/c1-2-22-15(21)11-24-14-10-12(17)4-5-13(14)23-9-8-20-16-18-6-3-7-19-16;1-21-14(20)10-23-13-9-11(16)3-4-12(13)22-8-7-19-15-17-5-2-6-18-15/h3-7,10H,2,8-9,11,17H2,1H3,(H,18,19,20);2-6,9H,7-8,10,16H2,1H3,(H,17,18,19). The van der Waals surface area contributed by atoms with Crippen LogP contribution in [0.1, 0.15) is 6.92 Å². The first kappa shape index (κ1) is 35.4. The first-order chi connectivity index (χ1) is 22.9. The number of ether oxygens (including phenoxy) is 6. The molecule has 6 N–H and O–H groups in total. The lowest BCUT2D eigenvalue weighted by atomic mass is 10.3. The van der Waals surface area contributed by atoms with E-state index in [9.17, 15) is 9.59 Å². The van der Waals surface area contributed by atoms with E-state index in [0.29, 0.717) is 79.2 Å². The van der Waals surface area contributed by atoms with Crippen LogP contribution in [0.3, 0.4) is 0 Å². The SMILES string of the molecule is CCOC(=O)COc1cc(N)ccc1OCCNc1ncccn1.COC(=O)COc1cc(N)ccc1OCCNc1ncccn1. The summed E-state index contributed by atoms with van der Waals surface area (Å²) in [5, 5.41) is 6.04. The summed E-state index contributed by atoms with van der Waals surface area (Å²) in [6.45, 7) is 3.34. The van der Waals surface area contributed by atoms with Gasteiger partial charge in [-0.2, -0.15) is 0 Å². The van der Waals surface area contributed by atoms with Gasteiger partial charge in [0.05, 0.1) is 26.8 Å². The molecular formula is C31H38N8O8. The van der Waals surface area contributed by atoms with Gasteiger partial charge in [-0.15, -0.1) is 0 Å². The molecule has 0 atom stereocenters. The highest BCUT2D eigenvalue weighted by atomic mass is 16.6. The molecule has 47 heavy (non-hydrogen) atoms. The molecule has 0 spiro atoms. The minimum Gasteiger partial charge on any atom is -0.488 e. The third-order valence-electron chi connectivity index (χ3n) is 5.58. The monoisotopic (exact) mass is 650 g/mol. The van der Waals surface area contributed by atoms with Crippen LogP contribution in [0, 0.1) is 0 Å². The molecular weight excluding hydrogens is 612 g/mol.